The van der Waals surface area contributed by atoms with Crippen molar-refractivity contribution in [2.75, 3.05) is 27.7 Å². The standard InChI is InChI=1S/C30H53NO5/c1-6-7-8-13-16-19-26-22-25(2)28(35-26)20-17-14-11-9-10-12-15-18-21-30(34)36-27(23-29(32)33)24-31(3,4)5/h22,27H,6-21,23-24H2,1-5H3/p+1. The van der Waals surface area contributed by atoms with Crippen LogP contribution in [-0.2, 0) is 27.2 Å². The van der Waals surface area contributed by atoms with Gasteiger partial charge in [0.15, 0.2) is 6.10 Å². The van der Waals surface area contributed by atoms with Crippen LogP contribution >= 0.6 is 0 Å². The number of rotatable bonds is 22. The molecule has 0 spiro atoms. The van der Waals surface area contributed by atoms with Gasteiger partial charge in [0.05, 0.1) is 27.6 Å². The molecular weight excluding hydrogens is 454 g/mol. The van der Waals surface area contributed by atoms with E-state index >= 15 is 0 Å². The van der Waals surface area contributed by atoms with Crippen LogP contribution in [0.4, 0.5) is 0 Å². The average Bonchev–Trinajstić information content (AvgIpc) is 3.12. The first-order valence-corrected chi connectivity index (χ1v) is 14.4. The molecule has 0 aliphatic heterocycles. The summed E-state index contributed by atoms with van der Waals surface area (Å²) in [5, 5.41) is 9.06. The second-order valence-corrected chi connectivity index (χ2v) is 11.5. The van der Waals surface area contributed by atoms with Crippen molar-refractivity contribution in [1.82, 2.24) is 0 Å². The lowest BCUT2D eigenvalue weighted by atomic mass is 10.0. The third-order valence-electron chi connectivity index (χ3n) is 6.58. The number of aryl methyl sites for hydroxylation is 3. The molecule has 1 aromatic rings. The average molecular weight is 509 g/mol. The van der Waals surface area contributed by atoms with Crippen molar-refractivity contribution in [3.05, 3.63) is 23.2 Å². The molecule has 6 nitrogen and oxygen atoms in total. The van der Waals surface area contributed by atoms with Gasteiger partial charge in [0, 0.05) is 19.3 Å². The fraction of sp³-hybridized carbons (Fsp3) is 0.800. The number of carboxylic acids is 1. The number of hydrogen-bond acceptors (Lipinski definition) is 4. The van der Waals surface area contributed by atoms with Crippen molar-refractivity contribution in [1.29, 1.82) is 0 Å². The topological polar surface area (TPSA) is 76.7 Å². The molecule has 36 heavy (non-hydrogen) atoms. The van der Waals surface area contributed by atoms with E-state index in [2.05, 4.69) is 19.9 Å². The van der Waals surface area contributed by atoms with Crippen molar-refractivity contribution < 1.29 is 28.3 Å². The van der Waals surface area contributed by atoms with Gasteiger partial charge < -0.3 is 18.7 Å². The summed E-state index contributed by atoms with van der Waals surface area (Å²) in [7, 11) is 5.90. The molecule has 1 aromatic heterocycles. The first kappa shape index (κ1) is 32.2. The van der Waals surface area contributed by atoms with Gasteiger partial charge in [0.1, 0.15) is 18.1 Å². The number of ether oxygens (including phenoxy) is 1. The van der Waals surface area contributed by atoms with Crippen LogP contribution in [-0.4, -0.2) is 55.3 Å². The van der Waals surface area contributed by atoms with E-state index < -0.39 is 12.1 Å². The molecule has 0 amide bonds. The molecule has 1 atom stereocenters. The van der Waals surface area contributed by atoms with Gasteiger partial charge in [-0.1, -0.05) is 71.1 Å². The van der Waals surface area contributed by atoms with Crippen LogP contribution in [0.25, 0.3) is 0 Å². The summed E-state index contributed by atoms with van der Waals surface area (Å²) < 4.78 is 12.1. The van der Waals surface area contributed by atoms with E-state index in [1.165, 1.54) is 75.5 Å². The highest BCUT2D eigenvalue weighted by molar-refractivity contribution is 5.71. The first-order chi connectivity index (χ1) is 17.1. The van der Waals surface area contributed by atoms with E-state index in [4.69, 9.17) is 14.3 Å². The molecule has 1 unspecified atom stereocenters. The Kier molecular flexibility index (Phi) is 16.5. The molecule has 0 aromatic carbocycles. The third kappa shape index (κ3) is 16.8. The predicted octanol–water partition coefficient (Wildman–Crippen LogP) is 7.25. The Morgan fingerprint density at radius 2 is 1.44 bits per heavy atom. The molecule has 6 heteroatoms. The summed E-state index contributed by atoms with van der Waals surface area (Å²) in [6, 6.07) is 2.24. The lowest BCUT2D eigenvalue weighted by Gasteiger charge is -2.28. The number of carboxylic acid groups (broad SMARTS) is 1. The molecule has 1 N–H and O–H groups in total. The van der Waals surface area contributed by atoms with E-state index in [1.54, 1.807) is 0 Å². The Hall–Kier alpha value is -1.82. The SMILES string of the molecule is CCCCCCCc1cc(C)c(CCCCCCCCCCC(=O)OC(CC(=O)O)C[N+](C)(C)C)o1. The van der Waals surface area contributed by atoms with Crippen LogP contribution in [0.2, 0.25) is 0 Å². The molecule has 208 valence electrons. The smallest absolute Gasteiger partial charge is 0.307 e. The minimum atomic E-state index is -0.932. The molecule has 0 saturated heterocycles. The molecule has 1 rings (SSSR count). The summed E-state index contributed by atoms with van der Waals surface area (Å²) in [6.07, 6.45) is 17.3. The fourth-order valence-electron chi connectivity index (χ4n) is 4.67. The molecule has 0 fully saturated rings. The quantitative estimate of drug-likeness (QED) is 0.101. The zero-order chi connectivity index (χ0) is 26.8. The van der Waals surface area contributed by atoms with E-state index in [-0.39, 0.29) is 12.4 Å². The molecule has 0 aliphatic carbocycles. The summed E-state index contributed by atoms with van der Waals surface area (Å²) in [4.78, 5) is 23.2. The molecule has 0 radical (unpaired) electrons. The first-order valence-electron chi connectivity index (χ1n) is 14.4. The summed E-state index contributed by atoms with van der Waals surface area (Å²) >= 11 is 0. The maximum absolute atomic E-state index is 12.1. The van der Waals surface area contributed by atoms with Crippen LogP contribution in [0.1, 0.15) is 120 Å². The van der Waals surface area contributed by atoms with Crippen LogP contribution in [0.3, 0.4) is 0 Å². The number of likely N-dealkylation sites (N-methyl/N-ethyl adjacent to an activating group) is 1. The van der Waals surface area contributed by atoms with Gasteiger partial charge in [-0.2, -0.15) is 0 Å². The van der Waals surface area contributed by atoms with Crippen LogP contribution < -0.4 is 0 Å². The van der Waals surface area contributed by atoms with Crippen molar-refractivity contribution >= 4 is 11.9 Å². The van der Waals surface area contributed by atoms with Gasteiger partial charge >= 0.3 is 11.9 Å². The van der Waals surface area contributed by atoms with E-state index in [0.717, 1.165) is 37.9 Å². The largest absolute Gasteiger partial charge is 0.481 e. The number of carbonyl (C=O) groups is 2. The highest BCUT2D eigenvalue weighted by Crippen LogP contribution is 2.20. The third-order valence-corrected chi connectivity index (χ3v) is 6.58. The maximum Gasteiger partial charge on any atom is 0.307 e. The van der Waals surface area contributed by atoms with E-state index in [9.17, 15) is 9.59 Å². The normalized spacial score (nSPS) is 12.6. The highest BCUT2D eigenvalue weighted by atomic mass is 16.5. The van der Waals surface area contributed by atoms with E-state index in [1.807, 2.05) is 21.1 Å². The summed E-state index contributed by atoms with van der Waals surface area (Å²) in [5.41, 5.74) is 1.31. The maximum atomic E-state index is 12.1. The number of hydrogen-bond donors (Lipinski definition) is 1. The molecule has 0 aliphatic rings. The van der Waals surface area contributed by atoms with Crippen LogP contribution in [0, 0.1) is 6.92 Å². The van der Waals surface area contributed by atoms with Gasteiger partial charge in [0.25, 0.3) is 0 Å². The number of quaternary nitrogens is 1. The minimum Gasteiger partial charge on any atom is -0.481 e. The number of esters is 1. The number of furan rings is 1. The number of nitrogens with zero attached hydrogens (tertiary/aromatic N) is 1. The fourth-order valence-corrected chi connectivity index (χ4v) is 4.67. The van der Waals surface area contributed by atoms with Crippen molar-refractivity contribution in [3.63, 3.8) is 0 Å². The Morgan fingerprint density at radius 1 is 0.889 bits per heavy atom. The van der Waals surface area contributed by atoms with Crippen molar-refractivity contribution in [2.45, 2.75) is 129 Å². The Labute approximate surface area is 220 Å². The van der Waals surface area contributed by atoms with Gasteiger partial charge in [-0.05, 0) is 37.8 Å². The summed E-state index contributed by atoms with van der Waals surface area (Å²) in [6.45, 7) is 4.92. The minimum absolute atomic E-state index is 0.138. The van der Waals surface area contributed by atoms with Crippen molar-refractivity contribution in [2.24, 2.45) is 0 Å². The van der Waals surface area contributed by atoms with Gasteiger partial charge in [-0.3, -0.25) is 9.59 Å². The lowest BCUT2D eigenvalue weighted by molar-refractivity contribution is -0.873. The number of unbranched alkanes of at least 4 members (excludes halogenated alkanes) is 11. The zero-order valence-electron chi connectivity index (χ0n) is 23.9. The second kappa shape index (κ2) is 18.4. The number of carbonyl (C=O) groups excluding carboxylic acids is 1. The zero-order valence-corrected chi connectivity index (χ0v) is 23.9. The predicted molar refractivity (Wildman–Crippen MR) is 146 cm³/mol. The van der Waals surface area contributed by atoms with Crippen molar-refractivity contribution in [3.8, 4) is 0 Å². The molecule has 0 saturated carbocycles. The highest BCUT2D eigenvalue weighted by Gasteiger charge is 2.24. The molecule has 1 heterocycles. The second-order valence-electron chi connectivity index (χ2n) is 11.5. The van der Waals surface area contributed by atoms with Crippen LogP contribution in [0.15, 0.2) is 10.5 Å². The molecular formula is C30H54NO5+. The van der Waals surface area contributed by atoms with Gasteiger partial charge in [0.2, 0.25) is 0 Å². The van der Waals surface area contributed by atoms with Gasteiger partial charge in [-0.15, -0.1) is 0 Å². The number of aliphatic carboxylic acids is 1. The Balaban J connectivity index is 2.07. The molecule has 0 bridgehead atoms. The Morgan fingerprint density at radius 3 is 2.03 bits per heavy atom. The van der Waals surface area contributed by atoms with E-state index in [0.29, 0.717) is 17.4 Å². The Bertz CT molecular complexity index is 734. The van der Waals surface area contributed by atoms with Crippen LogP contribution in [0.5, 0.6) is 0 Å². The monoisotopic (exact) mass is 508 g/mol. The summed E-state index contributed by atoms with van der Waals surface area (Å²) in [5.74, 6) is 1.13. The van der Waals surface area contributed by atoms with Gasteiger partial charge in [-0.25, -0.2) is 0 Å². The lowest BCUT2D eigenvalue weighted by Crippen LogP contribution is -2.43.